The highest BCUT2D eigenvalue weighted by atomic mass is 16.1. The van der Waals surface area contributed by atoms with E-state index in [1.54, 1.807) is 0 Å². The molecule has 172 valence electrons. The Morgan fingerprint density at radius 1 is 0.724 bits per heavy atom. The molecule has 5 nitrogen and oxygen atoms in total. The van der Waals surface area contributed by atoms with Gasteiger partial charge in [0, 0.05) is 19.4 Å². The third-order valence-corrected chi connectivity index (χ3v) is 5.53. The predicted molar refractivity (Wildman–Crippen MR) is 127 cm³/mol. The summed E-state index contributed by atoms with van der Waals surface area (Å²) in [5.74, 6) is 6.66. The molecule has 0 saturated carbocycles. The van der Waals surface area contributed by atoms with Gasteiger partial charge in [0.25, 0.3) is 0 Å². The second kappa shape index (κ2) is 21.4. The molecule has 0 bridgehead atoms. The van der Waals surface area contributed by atoms with Crippen LogP contribution in [0.4, 0.5) is 0 Å². The summed E-state index contributed by atoms with van der Waals surface area (Å²) in [6.45, 7) is 5.30. The molecule has 0 fully saturated rings. The number of hydrogen-bond acceptors (Lipinski definition) is 3. The molecule has 5 heteroatoms. The third-order valence-electron chi connectivity index (χ3n) is 5.53. The Morgan fingerprint density at radius 3 is 1.55 bits per heavy atom. The van der Waals surface area contributed by atoms with Gasteiger partial charge in [-0.05, 0) is 31.6 Å². The van der Waals surface area contributed by atoms with E-state index in [-0.39, 0.29) is 5.91 Å². The van der Waals surface area contributed by atoms with Crippen LogP contribution < -0.4 is 16.9 Å². The quantitative estimate of drug-likeness (QED) is 0.0711. The summed E-state index contributed by atoms with van der Waals surface area (Å²) in [5.41, 5.74) is 5.58. The lowest BCUT2D eigenvalue weighted by Gasteiger charge is -2.07. The van der Waals surface area contributed by atoms with Crippen molar-refractivity contribution in [2.75, 3.05) is 6.54 Å². The van der Waals surface area contributed by atoms with Gasteiger partial charge in [-0.3, -0.25) is 4.79 Å². The summed E-state index contributed by atoms with van der Waals surface area (Å²) in [6, 6.07) is 0. The Kier molecular flexibility index (Phi) is 20.5. The molecule has 0 heterocycles. The van der Waals surface area contributed by atoms with Crippen LogP contribution in [0.2, 0.25) is 0 Å². The average Bonchev–Trinajstić information content (AvgIpc) is 2.70. The van der Waals surface area contributed by atoms with Gasteiger partial charge in [-0.25, -0.2) is 0 Å². The largest absolute Gasteiger partial charge is 0.386 e. The van der Waals surface area contributed by atoms with Crippen molar-refractivity contribution in [3.8, 4) is 0 Å². The minimum Gasteiger partial charge on any atom is -0.386 e. The molecular formula is C24H50N4O. The molecule has 0 rings (SSSR count). The number of hydrogen-bond donors (Lipinski definition) is 3. The van der Waals surface area contributed by atoms with Gasteiger partial charge >= 0.3 is 0 Å². The van der Waals surface area contributed by atoms with E-state index in [9.17, 15) is 4.79 Å². The standard InChI is InChI=1S/C24H50N4O/c1-22(2)18-17-21-27-24(29)20-16-14-12-10-8-6-4-3-5-7-9-11-13-15-19-23(25)28-26/h22H,3-21,26H2,1-2H3,(H2,25,28)(H,27,29). The monoisotopic (exact) mass is 410 g/mol. The van der Waals surface area contributed by atoms with Gasteiger partial charge in [0.05, 0.1) is 0 Å². The first-order valence-electron chi connectivity index (χ1n) is 12.3. The van der Waals surface area contributed by atoms with E-state index in [2.05, 4.69) is 24.3 Å². The van der Waals surface area contributed by atoms with E-state index >= 15 is 0 Å². The molecule has 1 amide bonds. The first kappa shape index (κ1) is 27.7. The van der Waals surface area contributed by atoms with Crippen molar-refractivity contribution < 1.29 is 4.79 Å². The highest BCUT2D eigenvalue weighted by Gasteiger charge is 2.01. The average molecular weight is 411 g/mol. The first-order chi connectivity index (χ1) is 14.1. The van der Waals surface area contributed by atoms with Crippen molar-refractivity contribution >= 4 is 11.7 Å². The van der Waals surface area contributed by atoms with Crippen LogP contribution >= 0.6 is 0 Å². The number of carbonyl (C=O) groups is 1. The SMILES string of the molecule is CC(C)CCCNC(=O)CCCCCCCCCCCCCCCC/C(N)=N/N. The Morgan fingerprint density at radius 2 is 1.14 bits per heavy atom. The minimum atomic E-state index is 0.238. The van der Waals surface area contributed by atoms with Gasteiger partial charge in [0.15, 0.2) is 0 Å². The molecule has 0 aliphatic heterocycles. The molecule has 0 radical (unpaired) electrons. The Balaban J connectivity index is 3.16. The number of amides is 1. The molecule has 29 heavy (non-hydrogen) atoms. The van der Waals surface area contributed by atoms with Crippen LogP contribution in [0.5, 0.6) is 0 Å². The molecule has 0 spiro atoms. The lowest BCUT2D eigenvalue weighted by Crippen LogP contribution is -2.24. The summed E-state index contributed by atoms with van der Waals surface area (Å²) in [4.78, 5) is 11.7. The van der Waals surface area contributed by atoms with Crippen LogP contribution in [0.25, 0.3) is 0 Å². The van der Waals surface area contributed by atoms with Crippen molar-refractivity contribution in [2.45, 2.75) is 129 Å². The molecule has 0 aliphatic rings. The maximum atomic E-state index is 11.7. The Hall–Kier alpha value is -1.26. The maximum absolute atomic E-state index is 11.7. The first-order valence-corrected chi connectivity index (χ1v) is 12.3. The zero-order valence-electron chi connectivity index (χ0n) is 19.5. The van der Waals surface area contributed by atoms with Gasteiger partial charge < -0.3 is 16.9 Å². The van der Waals surface area contributed by atoms with Crippen molar-refractivity contribution in [3.05, 3.63) is 0 Å². The second-order valence-electron chi connectivity index (χ2n) is 8.96. The lowest BCUT2D eigenvalue weighted by atomic mass is 10.0. The summed E-state index contributed by atoms with van der Waals surface area (Å²) in [5, 5.41) is 6.54. The van der Waals surface area contributed by atoms with Crippen LogP contribution in [-0.2, 0) is 4.79 Å². The fourth-order valence-corrected chi connectivity index (χ4v) is 3.60. The topological polar surface area (TPSA) is 93.5 Å². The molecule has 0 saturated heterocycles. The van der Waals surface area contributed by atoms with Crippen LogP contribution in [0.15, 0.2) is 5.10 Å². The summed E-state index contributed by atoms with van der Waals surface area (Å²) >= 11 is 0. The number of carbonyl (C=O) groups excluding carboxylic acids is 1. The highest BCUT2D eigenvalue weighted by molar-refractivity contribution is 5.79. The maximum Gasteiger partial charge on any atom is 0.219 e. The predicted octanol–water partition coefficient (Wildman–Crippen LogP) is 6.01. The Bertz CT molecular complexity index is 396. The van der Waals surface area contributed by atoms with Crippen molar-refractivity contribution in [3.63, 3.8) is 0 Å². The van der Waals surface area contributed by atoms with E-state index in [4.69, 9.17) is 11.6 Å². The normalized spacial score (nSPS) is 11.9. The molecule has 0 aromatic rings. The molecule has 0 aromatic carbocycles. The number of rotatable bonds is 21. The van der Waals surface area contributed by atoms with E-state index in [0.717, 1.165) is 38.1 Å². The molecule has 0 aliphatic carbocycles. The van der Waals surface area contributed by atoms with E-state index in [0.29, 0.717) is 12.3 Å². The van der Waals surface area contributed by atoms with Crippen LogP contribution in [0.3, 0.4) is 0 Å². The van der Waals surface area contributed by atoms with Gasteiger partial charge in [-0.2, -0.15) is 5.10 Å². The molecular weight excluding hydrogens is 360 g/mol. The molecule has 5 N–H and O–H groups in total. The van der Waals surface area contributed by atoms with Gasteiger partial charge in [-0.1, -0.05) is 90.9 Å². The number of unbranched alkanes of at least 4 members (excludes halogenated alkanes) is 13. The second-order valence-corrected chi connectivity index (χ2v) is 8.96. The summed E-state index contributed by atoms with van der Waals surface area (Å²) in [7, 11) is 0. The number of nitrogens with one attached hydrogen (secondary N) is 1. The van der Waals surface area contributed by atoms with Crippen LogP contribution in [0.1, 0.15) is 129 Å². The fourth-order valence-electron chi connectivity index (χ4n) is 3.60. The van der Waals surface area contributed by atoms with Crippen molar-refractivity contribution in [1.29, 1.82) is 0 Å². The minimum absolute atomic E-state index is 0.238. The number of hydrazone groups is 1. The summed E-state index contributed by atoms with van der Waals surface area (Å²) < 4.78 is 0. The summed E-state index contributed by atoms with van der Waals surface area (Å²) in [6.07, 6.45) is 21.9. The van der Waals surface area contributed by atoms with E-state index in [1.807, 2.05) is 0 Å². The molecule has 0 aromatic heterocycles. The fraction of sp³-hybridized carbons (Fsp3) is 0.917. The third kappa shape index (κ3) is 22.9. The lowest BCUT2D eigenvalue weighted by molar-refractivity contribution is -0.121. The zero-order valence-corrected chi connectivity index (χ0v) is 19.5. The van der Waals surface area contributed by atoms with Crippen LogP contribution in [0, 0.1) is 5.92 Å². The van der Waals surface area contributed by atoms with Crippen molar-refractivity contribution in [2.24, 2.45) is 22.6 Å². The number of amidine groups is 1. The van der Waals surface area contributed by atoms with Gasteiger partial charge in [0.1, 0.15) is 5.84 Å². The van der Waals surface area contributed by atoms with Crippen LogP contribution in [-0.4, -0.2) is 18.3 Å². The Labute approximate surface area is 180 Å². The van der Waals surface area contributed by atoms with E-state index in [1.165, 1.54) is 83.5 Å². The van der Waals surface area contributed by atoms with Crippen molar-refractivity contribution in [1.82, 2.24) is 5.32 Å². The number of nitrogens with two attached hydrogens (primary N) is 2. The van der Waals surface area contributed by atoms with Gasteiger partial charge in [0.2, 0.25) is 5.91 Å². The smallest absolute Gasteiger partial charge is 0.219 e. The molecule has 0 unspecified atom stereocenters. The zero-order chi connectivity index (χ0) is 21.6. The van der Waals surface area contributed by atoms with Gasteiger partial charge in [-0.15, -0.1) is 0 Å². The van der Waals surface area contributed by atoms with E-state index < -0.39 is 0 Å². The highest BCUT2D eigenvalue weighted by Crippen LogP contribution is 2.13. The number of nitrogens with zero attached hydrogens (tertiary/aromatic N) is 1. The molecule has 0 atom stereocenters.